The van der Waals surface area contributed by atoms with Gasteiger partial charge in [0.2, 0.25) is 0 Å². The third-order valence-corrected chi connectivity index (χ3v) is 4.87. The molecule has 0 saturated heterocycles. The summed E-state index contributed by atoms with van der Waals surface area (Å²) in [7, 11) is 0. The van der Waals surface area contributed by atoms with Crippen LogP contribution in [-0.4, -0.2) is 16.6 Å². The zero-order valence-electron chi connectivity index (χ0n) is 15.8. The van der Waals surface area contributed by atoms with E-state index < -0.39 is 0 Å². The lowest BCUT2D eigenvalue weighted by Gasteiger charge is -2.17. The fourth-order valence-corrected chi connectivity index (χ4v) is 3.60. The Morgan fingerprint density at radius 2 is 1.04 bits per heavy atom. The van der Waals surface area contributed by atoms with Crippen molar-refractivity contribution in [1.82, 2.24) is 4.98 Å². The molecule has 2 unspecified atom stereocenters. The van der Waals surface area contributed by atoms with E-state index in [4.69, 9.17) is 0 Å². The minimum Gasteiger partial charge on any atom is -0.361 e. The molecule has 3 heteroatoms. The fraction of sp³-hybridized carbons (Fsp3) is 0.250. The largest absolute Gasteiger partial charge is 0.361 e. The van der Waals surface area contributed by atoms with Crippen LogP contribution < -0.4 is 0 Å². The van der Waals surface area contributed by atoms with E-state index in [0.29, 0.717) is 12.8 Å². The number of ketones is 2. The smallest absolute Gasteiger partial charge is 0.130 e. The Balaban J connectivity index is 1.96. The number of aromatic nitrogens is 1. The molecule has 0 saturated carbocycles. The van der Waals surface area contributed by atoms with E-state index in [-0.39, 0.29) is 23.4 Å². The van der Waals surface area contributed by atoms with Gasteiger partial charge in [-0.05, 0) is 37.1 Å². The molecule has 1 N–H and O–H groups in total. The van der Waals surface area contributed by atoms with E-state index in [9.17, 15) is 9.59 Å². The molecule has 3 nitrogen and oxygen atoms in total. The van der Waals surface area contributed by atoms with Gasteiger partial charge in [-0.3, -0.25) is 9.59 Å². The van der Waals surface area contributed by atoms with E-state index >= 15 is 0 Å². The lowest BCUT2D eigenvalue weighted by Crippen LogP contribution is -2.09. The van der Waals surface area contributed by atoms with Crippen molar-refractivity contribution < 1.29 is 9.59 Å². The Morgan fingerprint density at radius 1 is 0.667 bits per heavy atom. The van der Waals surface area contributed by atoms with Crippen molar-refractivity contribution in [2.45, 2.75) is 38.5 Å². The van der Waals surface area contributed by atoms with Crippen molar-refractivity contribution in [1.29, 1.82) is 0 Å². The topological polar surface area (TPSA) is 49.9 Å². The van der Waals surface area contributed by atoms with Crippen LogP contribution in [-0.2, 0) is 9.59 Å². The molecular formula is C24H25NO2. The summed E-state index contributed by atoms with van der Waals surface area (Å²) in [6.45, 7) is 3.25. The van der Waals surface area contributed by atoms with Gasteiger partial charge in [0.15, 0.2) is 0 Å². The number of aromatic amines is 1. The number of nitrogens with one attached hydrogen (secondary N) is 1. The first-order valence-electron chi connectivity index (χ1n) is 9.32. The second-order valence-corrected chi connectivity index (χ2v) is 7.11. The van der Waals surface area contributed by atoms with Crippen molar-refractivity contribution in [3.05, 3.63) is 95.3 Å². The van der Waals surface area contributed by atoms with E-state index in [1.807, 2.05) is 48.5 Å². The highest BCUT2D eigenvalue weighted by atomic mass is 16.1. The highest BCUT2D eigenvalue weighted by Gasteiger charge is 2.22. The van der Waals surface area contributed by atoms with Crippen LogP contribution in [0.4, 0.5) is 0 Å². The maximum absolute atomic E-state index is 11.8. The number of carbonyl (C=O) groups is 2. The average Bonchev–Trinajstić information content (AvgIpc) is 3.15. The number of H-pyrrole nitrogens is 1. The molecule has 1 aromatic heterocycles. The molecule has 0 fully saturated rings. The van der Waals surface area contributed by atoms with Crippen LogP contribution in [0.3, 0.4) is 0 Å². The Hall–Kier alpha value is -2.94. The van der Waals surface area contributed by atoms with Crippen molar-refractivity contribution in [2.24, 2.45) is 0 Å². The van der Waals surface area contributed by atoms with Crippen LogP contribution in [0.5, 0.6) is 0 Å². The predicted octanol–water partition coefficient (Wildman–Crippen LogP) is 5.24. The Morgan fingerprint density at radius 3 is 1.37 bits per heavy atom. The quantitative estimate of drug-likeness (QED) is 0.598. The van der Waals surface area contributed by atoms with Gasteiger partial charge in [0.1, 0.15) is 11.6 Å². The van der Waals surface area contributed by atoms with Gasteiger partial charge in [-0.25, -0.2) is 0 Å². The minimum absolute atomic E-state index is 0.00815. The fourth-order valence-electron chi connectivity index (χ4n) is 3.60. The Kier molecular flexibility index (Phi) is 6.02. The van der Waals surface area contributed by atoms with Crippen molar-refractivity contribution in [2.75, 3.05) is 0 Å². The van der Waals surface area contributed by atoms with Crippen LogP contribution in [0.2, 0.25) is 0 Å². The molecule has 0 radical (unpaired) electrons. The summed E-state index contributed by atoms with van der Waals surface area (Å²) in [6, 6.07) is 24.2. The molecule has 0 aliphatic carbocycles. The summed E-state index contributed by atoms with van der Waals surface area (Å²) < 4.78 is 0. The number of hydrogen-bond acceptors (Lipinski definition) is 2. The summed E-state index contributed by atoms with van der Waals surface area (Å²) in [4.78, 5) is 27.2. The van der Waals surface area contributed by atoms with E-state index in [2.05, 4.69) is 29.2 Å². The molecule has 0 spiro atoms. The molecule has 27 heavy (non-hydrogen) atoms. The van der Waals surface area contributed by atoms with Crippen molar-refractivity contribution in [3.63, 3.8) is 0 Å². The number of carbonyl (C=O) groups excluding carboxylic acids is 2. The monoisotopic (exact) mass is 359 g/mol. The van der Waals surface area contributed by atoms with Gasteiger partial charge in [0.05, 0.1) is 0 Å². The molecule has 2 atom stereocenters. The maximum atomic E-state index is 11.8. The number of rotatable bonds is 8. The third kappa shape index (κ3) is 4.82. The zero-order chi connectivity index (χ0) is 19.2. The van der Waals surface area contributed by atoms with E-state index in [0.717, 1.165) is 22.5 Å². The second-order valence-electron chi connectivity index (χ2n) is 7.11. The van der Waals surface area contributed by atoms with Crippen LogP contribution in [0.1, 0.15) is 61.0 Å². The summed E-state index contributed by atoms with van der Waals surface area (Å²) >= 11 is 0. The van der Waals surface area contributed by atoms with Gasteiger partial charge in [0.25, 0.3) is 0 Å². The summed E-state index contributed by atoms with van der Waals surface area (Å²) in [6.07, 6.45) is 0.902. The van der Waals surface area contributed by atoms with Crippen LogP contribution in [0, 0.1) is 0 Å². The molecule has 3 aromatic rings. The van der Waals surface area contributed by atoms with E-state index in [1.165, 1.54) is 0 Å². The highest BCUT2D eigenvalue weighted by Crippen LogP contribution is 2.32. The third-order valence-electron chi connectivity index (χ3n) is 4.87. The Bertz CT molecular complexity index is 822. The van der Waals surface area contributed by atoms with Gasteiger partial charge < -0.3 is 4.98 Å². The molecule has 0 bridgehead atoms. The maximum Gasteiger partial charge on any atom is 0.130 e. The SMILES string of the molecule is CC(=O)CC(c1ccccc1)c1ccc(C(CC(C)=O)c2ccccc2)[nH]1. The van der Waals surface area contributed by atoms with Crippen LogP contribution in [0.25, 0.3) is 0 Å². The summed E-state index contributed by atoms with van der Waals surface area (Å²) in [5.41, 5.74) is 4.25. The van der Waals surface area contributed by atoms with Gasteiger partial charge >= 0.3 is 0 Å². The molecular weight excluding hydrogens is 334 g/mol. The van der Waals surface area contributed by atoms with E-state index in [1.54, 1.807) is 13.8 Å². The van der Waals surface area contributed by atoms with Gasteiger partial charge in [0, 0.05) is 36.1 Å². The van der Waals surface area contributed by atoms with Gasteiger partial charge in [-0.15, -0.1) is 0 Å². The number of benzene rings is 2. The number of hydrogen-bond donors (Lipinski definition) is 1. The first kappa shape index (κ1) is 18.8. The van der Waals surface area contributed by atoms with Crippen molar-refractivity contribution in [3.8, 4) is 0 Å². The first-order valence-corrected chi connectivity index (χ1v) is 9.32. The molecule has 2 aromatic carbocycles. The molecule has 3 rings (SSSR count). The summed E-state index contributed by atoms with van der Waals surface area (Å²) in [5.74, 6) is 0.295. The zero-order valence-corrected chi connectivity index (χ0v) is 15.8. The predicted molar refractivity (Wildman–Crippen MR) is 108 cm³/mol. The molecule has 1 heterocycles. The molecule has 0 aliphatic heterocycles. The van der Waals surface area contributed by atoms with Gasteiger partial charge in [-0.1, -0.05) is 60.7 Å². The highest BCUT2D eigenvalue weighted by molar-refractivity contribution is 5.77. The Labute approximate surface area is 160 Å². The molecule has 138 valence electrons. The van der Waals surface area contributed by atoms with Gasteiger partial charge in [-0.2, -0.15) is 0 Å². The normalized spacial score (nSPS) is 13.1. The minimum atomic E-state index is -0.00815. The second kappa shape index (κ2) is 8.63. The molecule has 0 amide bonds. The average molecular weight is 359 g/mol. The first-order chi connectivity index (χ1) is 13.0. The lowest BCUT2D eigenvalue weighted by atomic mass is 9.91. The molecule has 0 aliphatic rings. The summed E-state index contributed by atoms with van der Waals surface area (Å²) in [5, 5.41) is 0. The lowest BCUT2D eigenvalue weighted by molar-refractivity contribution is -0.118. The standard InChI is InChI=1S/C24H25NO2/c1-17(26)15-21(19-9-5-3-6-10-19)23-13-14-24(25-23)22(16-18(2)27)20-11-7-4-8-12-20/h3-14,21-22,25H,15-16H2,1-2H3. The number of Topliss-reactive ketones (excluding diaryl/α,β-unsaturated/α-hetero) is 2. The van der Waals surface area contributed by atoms with Crippen LogP contribution >= 0.6 is 0 Å². The van der Waals surface area contributed by atoms with Crippen LogP contribution in [0.15, 0.2) is 72.8 Å². The van der Waals surface area contributed by atoms with Crippen molar-refractivity contribution >= 4 is 11.6 Å².